The molecule has 2 aromatic rings. The van der Waals surface area contributed by atoms with Gasteiger partial charge in [-0.15, -0.1) is 0 Å². The van der Waals surface area contributed by atoms with E-state index < -0.39 is 0 Å². The van der Waals surface area contributed by atoms with Crippen LogP contribution in [0.5, 0.6) is 0 Å². The van der Waals surface area contributed by atoms with Crippen LogP contribution in [0, 0.1) is 6.92 Å². The fourth-order valence-electron chi connectivity index (χ4n) is 3.22. The summed E-state index contributed by atoms with van der Waals surface area (Å²) in [4.78, 5) is 9.41. The van der Waals surface area contributed by atoms with Gasteiger partial charge in [-0.2, -0.15) is 5.10 Å². The molecule has 0 saturated carbocycles. The second-order valence-corrected chi connectivity index (χ2v) is 6.04. The van der Waals surface area contributed by atoms with Crippen molar-refractivity contribution in [1.82, 2.24) is 19.7 Å². The highest BCUT2D eigenvalue weighted by molar-refractivity contribution is 5.53. The summed E-state index contributed by atoms with van der Waals surface area (Å²) in [6.45, 7) is 11.6. The Morgan fingerprint density at radius 1 is 1.23 bits per heavy atom. The lowest BCUT2D eigenvalue weighted by molar-refractivity contribution is 0.173. The second kappa shape index (κ2) is 6.48. The molecular weight excluding hydrogens is 274 g/mol. The minimum atomic E-state index is 0.510. The van der Waals surface area contributed by atoms with Crippen molar-refractivity contribution in [1.29, 1.82) is 0 Å². The van der Waals surface area contributed by atoms with Gasteiger partial charge < -0.3 is 4.90 Å². The zero-order valence-corrected chi connectivity index (χ0v) is 13.7. The molecule has 0 amide bonds. The highest BCUT2D eigenvalue weighted by Crippen LogP contribution is 2.23. The number of hydrogen-bond acceptors (Lipinski definition) is 4. The van der Waals surface area contributed by atoms with Crippen LogP contribution in [0.25, 0.3) is 0 Å². The van der Waals surface area contributed by atoms with E-state index in [4.69, 9.17) is 0 Å². The summed E-state index contributed by atoms with van der Waals surface area (Å²) < 4.78 is 1.99. The van der Waals surface area contributed by atoms with Crippen LogP contribution in [0.4, 0.5) is 5.69 Å². The van der Waals surface area contributed by atoms with Crippen molar-refractivity contribution in [2.75, 3.05) is 24.5 Å². The number of hydrogen-bond donors (Lipinski definition) is 0. The molecule has 1 fully saturated rings. The molecule has 22 heavy (non-hydrogen) atoms. The van der Waals surface area contributed by atoms with E-state index in [0.29, 0.717) is 6.04 Å². The fourth-order valence-corrected chi connectivity index (χ4v) is 3.22. The lowest BCUT2D eigenvalue weighted by Crippen LogP contribution is -2.51. The summed E-state index contributed by atoms with van der Waals surface area (Å²) in [6, 6.07) is 9.16. The molecule has 5 nitrogen and oxygen atoms in total. The Bertz CT molecular complexity index is 621. The van der Waals surface area contributed by atoms with E-state index in [0.717, 1.165) is 38.5 Å². The molecule has 1 aromatic heterocycles. The van der Waals surface area contributed by atoms with Gasteiger partial charge in [-0.05, 0) is 32.4 Å². The summed E-state index contributed by atoms with van der Waals surface area (Å²) >= 11 is 0. The first kappa shape index (κ1) is 15.0. The number of aryl methyl sites for hydroxylation is 2. The quantitative estimate of drug-likeness (QED) is 0.868. The lowest BCUT2D eigenvalue weighted by atomic mass is 10.1. The van der Waals surface area contributed by atoms with Crippen molar-refractivity contribution in [3.63, 3.8) is 0 Å². The number of rotatable bonds is 4. The van der Waals surface area contributed by atoms with Crippen LogP contribution in [-0.2, 0) is 13.1 Å². The van der Waals surface area contributed by atoms with Gasteiger partial charge in [-0.1, -0.05) is 18.2 Å². The summed E-state index contributed by atoms with van der Waals surface area (Å²) in [7, 11) is 0. The highest BCUT2D eigenvalue weighted by Gasteiger charge is 2.25. The number of para-hydroxylation sites is 1. The minimum absolute atomic E-state index is 0.510. The van der Waals surface area contributed by atoms with E-state index in [1.165, 1.54) is 11.3 Å². The van der Waals surface area contributed by atoms with Gasteiger partial charge in [-0.25, -0.2) is 9.67 Å². The molecule has 0 bridgehead atoms. The monoisotopic (exact) mass is 299 g/mol. The minimum Gasteiger partial charge on any atom is -0.368 e. The zero-order chi connectivity index (χ0) is 15.5. The number of nitrogens with zero attached hydrogens (tertiary/aromatic N) is 5. The first-order valence-electron chi connectivity index (χ1n) is 8.10. The predicted octanol–water partition coefficient (Wildman–Crippen LogP) is 2.32. The normalized spacial score (nSPS) is 19.6. The second-order valence-electron chi connectivity index (χ2n) is 6.04. The van der Waals surface area contributed by atoms with Crippen LogP contribution in [0.1, 0.15) is 25.2 Å². The Kier molecular flexibility index (Phi) is 4.43. The molecule has 5 heteroatoms. The average molecular weight is 299 g/mol. The predicted molar refractivity (Wildman–Crippen MR) is 89.0 cm³/mol. The first-order chi connectivity index (χ1) is 10.7. The van der Waals surface area contributed by atoms with Crippen molar-refractivity contribution in [2.45, 2.75) is 39.9 Å². The molecule has 0 unspecified atom stereocenters. The first-order valence-corrected chi connectivity index (χ1v) is 8.10. The van der Waals surface area contributed by atoms with E-state index in [2.05, 4.69) is 64.9 Å². The molecule has 3 rings (SSSR count). The van der Waals surface area contributed by atoms with E-state index >= 15 is 0 Å². The van der Waals surface area contributed by atoms with Crippen molar-refractivity contribution >= 4 is 5.69 Å². The maximum Gasteiger partial charge on any atom is 0.141 e. The molecule has 1 aliphatic rings. The van der Waals surface area contributed by atoms with E-state index in [9.17, 15) is 0 Å². The summed E-state index contributed by atoms with van der Waals surface area (Å²) in [5, 5.41) is 4.27. The van der Waals surface area contributed by atoms with Crippen molar-refractivity contribution < 1.29 is 0 Å². The van der Waals surface area contributed by atoms with Gasteiger partial charge >= 0.3 is 0 Å². The maximum atomic E-state index is 4.40. The molecule has 0 aliphatic carbocycles. The zero-order valence-electron chi connectivity index (χ0n) is 13.7. The molecule has 0 N–H and O–H groups in total. The third kappa shape index (κ3) is 2.99. The van der Waals surface area contributed by atoms with Crippen LogP contribution < -0.4 is 4.90 Å². The van der Waals surface area contributed by atoms with Crippen LogP contribution in [-0.4, -0.2) is 45.3 Å². The Labute approximate surface area is 132 Å². The molecule has 1 atom stereocenters. The van der Waals surface area contributed by atoms with Crippen molar-refractivity contribution in [3.05, 3.63) is 42.0 Å². The van der Waals surface area contributed by atoms with E-state index in [1.54, 1.807) is 6.33 Å². The van der Waals surface area contributed by atoms with Crippen LogP contribution in [0.15, 0.2) is 30.6 Å². The third-order valence-corrected chi connectivity index (χ3v) is 4.56. The van der Waals surface area contributed by atoms with Gasteiger partial charge in [-0.3, -0.25) is 4.90 Å². The summed E-state index contributed by atoms with van der Waals surface area (Å²) in [6.07, 6.45) is 1.66. The Balaban J connectivity index is 1.67. The Morgan fingerprint density at radius 2 is 2.05 bits per heavy atom. The number of piperazine rings is 1. The van der Waals surface area contributed by atoms with Gasteiger partial charge in [0.1, 0.15) is 12.2 Å². The molecule has 1 aliphatic heterocycles. The molecule has 2 heterocycles. The number of anilines is 1. The Morgan fingerprint density at radius 3 is 2.77 bits per heavy atom. The largest absolute Gasteiger partial charge is 0.368 e. The lowest BCUT2D eigenvalue weighted by Gasteiger charge is -2.41. The summed E-state index contributed by atoms with van der Waals surface area (Å²) in [5.74, 6) is 1.07. The van der Waals surface area contributed by atoms with Gasteiger partial charge in [0.05, 0.1) is 6.54 Å². The van der Waals surface area contributed by atoms with Gasteiger partial charge in [0.15, 0.2) is 0 Å². The van der Waals surface area contributed by atoms with Crippen molar-refractivity contribution in [2.24, 2.45) is 0 Å². The highest BCUT2D eigenvalue weighted by atomic mass is 15.4. The van der Waals surface area contributed by atoms with Crippen LogP contribution >= 0.6 is 0 Å². The molecular formula is C17H25N5. The molecule has 118 valence electrons. The number of aromatic nitrogens is 3. The molecule has 1 aromatic carbocycles. The third-order valence-electron chi connectivity index (χ3n) is 4.56. The molecule has 0 radical (unpaired) electrons. The standard InChI is InChI=1S/C17H25N5/c1-4-22-17(18-13-19-22)12-20-9-10-21(11-15(20)3)16-8-6-5-7-14(16)2/h5-8,13,15H,4,9-12H2,1-3H3/t15-/m0/s1. The summed E-state index contributed by atoms with van der Waals surface area (Å²) in [5.41, 5.74) is 2.72. The number of benzene rings is 1. The van der Waals surface area contributed by atoms with Gasteiger partial charge in [0, 0.05) is 37.9 Å². The van der Waals surface area contributed by atoms with E-state index in [-0.39, 0.29) is 0 Å². The SMILES string of the molecule is CCn1ncnc1CN1CCN(c2ccccc2C)C[C@@H]1C. The molecule has 0 spiro atoms. The smallest absolute Gasteiger partial charge is 0.141 e. The van der Waals surface area contributed by atoms with Gasteiger partial charge in [0.2, 0.25) is 0 Å². The Hall–Kier alpha value is -1.88. The van der Waals surface area contributed by atoms with Crippen LogP contribution in [0.3, 0.4) is 0 Å². The average Bonchev–Trinajstić information content (AvgIpc) is 2.97. The maximum absolute atomic E-state index is 4.40. The van der Waals surface area contributed by atoms with Crippen LogP contribution in [0.2, 0.25) is 0 Å². The fraction of sp³-hybridized carbons (Fsp3) is 0.529. The topological polar surface area (TPSA) is 37.2 Å². The van der Waals surface area contributed by atoms with Gasteiger partial charge in [0.25, 0.3) is 0 Å². The molecule has 1 saturated heterocycles. The van der Waals surface area contributed by atoms with E-state index in [1.807, 2.05) is 4.68 Å². The van der Waals surface area contributed by atoms with Crippen molar-refractivity contribution in [3.8, 4) is 0 Å².